The first-order chi connectivity index (χ1) is 8.20. The average Bonchev–Trinajstić information content (AvgIpc) is 2.35. The number of rotatable bonds is 3. The first kappa shape index (κ1) is 12.0. The summed E-state index contributed by atoms with van der Waals surface area (Å²) in [6.45, 7) is 6.59. The van der Waals surface area contributed by atoms with Crippen LogP contribution in [0.5, 0.6) is 0 Å². The molecule has 17 heavy (non-hydrogen) atoms. The highest BCUT2D eigenvalue weighted by molar-refractivity contribution is 5.72. The van der Waals surface area contributed by atoms with E-state index in [1.54, 1.807) is 6.92 Å². The summed E-state index contributed by atoms with van der Waals surface area (Å²) in [7, 11) is 0. The Labute approximate surface area is 103 Å². The zero-order valence-corrected chi connectivity index (χ0v) is 10.6. The van der Waals surface area contributed by atoms with Crippen LogP contribution in [0.1, 0.15) is 19.4 Å². The summed E-state index contributed by atoms with van der Waals surface area (Å²) >= 11 is 0. The van der Waals surface area contributed by atoms with Crippen LogP contribution in [-0.2, 0) is 11.2 Å². The van der Waals surface area contributed by atoms with E-state index >= 15 is 0 Å². The molecule has 1 atom stereocenters. The number of anilines is 1. The van der Waals surface area contributed by atoms with Gasteiger partial charge in [-0.15, -0.1) is 0 Å². The Morgan fingerprint density at radius 1 is 1.47 bits per heavy atom. The van der Waals surface area contributed by atoms with E-state index in [9.17, 15) is 4.79 Å². The second-order valence-electron chi connectivity index (χ2n) is 4.67. The van der Waals surface area contributed by atoms with Crippen LogP contribution < -0.4 is 10.2 Å². The minimum absolute atomic E-state index is 0.0620. The Morgan fingerprint density at radius 2 is 2.24 bits per heavy atom. The number of nitrogens with one attached hydrogen (secondary N) is 1. The third-order valence-corrected chi connectivity index (χ3v) is 3.34. The molecule has 0 saturated heterocycles. The first-order valence-corrected chi connectivity index (χ1v) is 6.28. The van der Waals surface area contributed by atoms with Gasteiger partial charge in [-0.1, -0.05) is 18.2 Å². The Kier molecular flexibility index (Phi) is 3.67. The van der Waals surface area contributed by atoms with E-state index in [1.807, 2.05) is 0 Å². The molecule has 1 amide bonds. The topological polar surface area (TPSA) is 32.3 Å². The van der Waals surface area contributed by atoms with Crippen molar-refractivity contribution in [1.82, 2.24) is 5.32 Å². The molecule has 0 bridgehead atoms. The number of carbonyl (C=O) groups excluding carboxylic acids is 1. The van der Waals surface area contributed by atoms with Gasteiger partial charge in [0.15, 0.2) is 0 Å². The van der Waals surface area contributed by atoms with Crippen molar-refractivity contribution in [2.45, 2.75) is 20.3 Å². The molecule has 1 aliphatic heterocycles. The van der Waals surface area contributed by atoms with E-state index in [2.05, 4.69) is 41.4 Å². The molecule has 1 heterocycles. The molecule has 3 heteroatoms. The molecular weight excluding hydrogens is 212 g/mol. The van der Waals surface area contributed by atoms with Gasteiger partial charge in [0.2, 0.25) is 5.91 Å². The van der Waals surface area contributed by atoms with Crippen LogP contribution in [0, 0.1) is 5.92 Å². The summed E-state index contributed by atoms with van der Waals surface area (Å²) in [4.78, 5) is 13.4. The van der Waals surface area contributed by atoms with Crippen molar-refractivity contribution in [1.29, 1.82) is 0 Å². The number of fused-ring (bicyclic) bond motifs is 1. The van der Waals surface area contributed by atoms with Crippen molar-refractivity contribution >= 4 is 11.6 Å². The van der Waals surface area contributed by atoms with Crippen molar-refractivity contribution in [2.75, 3.05) is 24.5 Å². The molecule has 0 saturated carbocycles. The van der Waals surface area contributed by atoms with Crippen LogP contribution in [0.15, 0.2) is 24.3 Å². The molecule has 0 radical (unpaired) electrons. The number of hydrogen-bond acceptors (Lipinski definition) is 2. The lowest BCUT2D eigenvalue weighted by Crippen LogP contribution is -2.40. The molecule has 1 aromatic rings. The van der Waals surface area contributed by atoms with Crippen LogP contribution >= 0.6 is 0 Å². The lowest BCUT2D eigenvalue weighted by atomic mass is 9.92. The number of hydrogen-bond donors (Lipinski definition) is 1. The number of para-hydroxylation sites is 1. The van der Waals surface area contributed by atoms with Crippen LogP contribution in [0.25, 0.3) is 0 Å². The van der Waals surface area contributed by atoms with Crippen molar-refractivity contribution in [2.24, 2.45) is 5.92 Å². The van der Waals surface area contributed by atoms with Crippen LogP contribution in [0.4, 0.5) is 5.69 Å². The molecule has 0 aromatic heterocycles. The Bertz CT molecular complexity index is 403. The normalized spacial score (nSPS) is 18.7. The highest BCUT2D eigenvalue weighted by atomic mass is 16.1. The highest BCUT2D eigenvalue weighted by Crippen LogP contribution is 2.28. The van der Waals surface area contributed by atoms with Crippen molar-refractivity contribution in [3.63, 3.8) is 0 Å². The quantitative estimate of drug-likeness (QED) is 0.862. The summed E-state index contributed by atoms with van der Waals surface area (Å²) in [5, 5.41) is 2.93. The van der Waals surface area contributed by atoms with Gasteiger partial charge in [0.1, 0.15) is 0 Å². The SMILES string of the molecule is CCN1CC(CNC(C)=O)Cc2ccccc21. The maximum atomic E-state index is 11.0. The van der Waals surface area contributed by atoms with Crippen molar-refractivity contribution in [3.8, 4) is 0 Å². The van der Waals surface area contributed by atoms with Crippen molar-refractivity contribution < 1.29 is 4.79 Å². The van der Waals surface area contributed by atoms with Gasteiger partial charge < -0.3 is 10.2 Å². The molecule has 2 rings (SSSR count). The Morgan fingerprint density at radius 3 is 2.94 bits per heavy atom. The molecule has 92 valence electrons. The van der Waals surface area contributed by atoms with Gasteiger partial charge in [0.25, 0.3) is 0 Å². The van der Waals surface area contributed by atoms with E-state index in [0.717, 1.165) is 26.1 Å². The van der Waals surface area contributed by atoms with E-state index in [-0.39, 0.29) is 5.91 Å². The molecule has 0 spiro atoms. The van der Waals surface area contributed by atoms with Crippen molar-refractivity contribution in [3.05, 3.63) is 29.8 Å². The highest BCUT2D eigenvalue weighted by Gasteiger charge is 2.22. The molecule has 1 aromatic carbocycles. The van der Waals surface area contributed by atoms with E-state index < -0.39 is 0 Å². The van der Waals surface area contributed by atoms with Gasteiger partial charge in [0.05, 0.1) is 0 Å². The molecule has 1 unspecified atom stereocenters. The lowest BCUT2D eigenvalue weighted by Gasteiger charge is -2.35. The fraction of sp³-hybridized carbons (Fsp3) is 0.500. The molecule has 1 N–H and O–H groups in total. The Hall–Kier alpha value is -1.51. The standard InChI is InChI=1S/C14H20N2O/c1-3-16-10-12(9-15-11(2)17)8-13-6-4-5-7-14(13)16/h4-7,12H,3,8-10H2,1-2H3,(H,15,17). The summed E-state index contributed by atoms with van der Waals surface area (Å²) < 4.78 is 0. The van der Waals surface area contributed by atoms with Gasteiger partial charge in [0, 0.05) is 32.2 Å². The molecule has 0 fully saturated rings. The van der Waals surface area contributed by atoms with Gasteiger partial charge >= 0.3 is 0 Å². The lowest BCUT2D eigenvalue weighted by molar-refractivity contribution is -0.119. The fourth-order valence-corrected chi connectivity index (χ4v) is 2.50. The molecule has 3 nitrogen and oxygen atoms in total. The minimum Gasteiger partial charge on any atom is -0.371 e. The van der Waals surface area contributed by atoms with Crippen LogP contribution in [-0.4, -0.2) is 25.5 Å². The predicted octanol–water partition coefficient (Wildman–Crippen LogP) is 1.82. The van der Waals surface area contributed by atoms with E-state index in [1.165, 1.54) is 11.3 Å². The second kappa shape index (κ2) is 5.21. The van der Waals surface area contributed by atoms with E-state index in [4.69, 9.17) is 0 Å². The summed E-state index contributed by atoms with van der Waals surface area (Å²) in [6.07, 6.45) is 1.06. The molecule has 0 aliphatic carbocycles. The van der Waals surface area contributed by atoms with Gasteiger partial charge in [-0.2, -0.15) is 0 Å². The van der Waals surface area contributed by atoms with Crippen LogP contribution in [0.3, 0.4) is 0 Å². The summed E-state index contributed by atoms with van der Waals surface area (Å²) in [5.74, 6) is 0.584. The molecular formula is C14H20N2O. The monoisotopic (exact) mass is 232 g/mol. The fourth-order valence-electron chi connectivity index (χ4n) is 2.50. The molecule has 1 aliphatic rings. The first-order valence-electron chi connectivity index (χ1n) is 6.28. The van der Waals surface area contributed by atoms with Gasteiger partial charge in [-0.25, -0.2) is 0 Å². The third kappa shape index (κ3) is 2.78. The number of nitrogens with zero attached hydrogens (tertiary/aromatic N) is 1. The third-order valence-electron chi connectivity index (χ3n) is 3.34. The van der Waals surface area contributed by atoms with Crippen LogP contribution in [0.2, 0.25) is 0 Å². The minimum atomic E-state index is 0.0620. The summed E-state index contributed by atoms with van der Waals surface area (Å²) in [5.41, 5.74) is 2.75. The predicted molar refractivity (Wildman–Crippen MR) is 70.2 cm³/mol. The Balaban J connectivity index is 2.10. The average molecular weight is 232 g/mol. The van der Waals surface area contributed by atoms with Gasteiger partial charge in [-0.05, 0) is 30.9 Å². The van der Waals surface area contributed by atoms with Gasteiger partial charge in [-0.3, -0.25) is 4.79 Å². The maximum Gasteiger partial charge on any atom is 0.216 e. The second-order valence-corrected chi connectivity index (χ2v) is 4.67. The zero-order valence-electron chi connectivity index (χ0n) is 10.6. The number of carbonyl (C=O) groups is 1. The smallest absolute Gasteiger partial charge is 0.216 e. The zero-order chi connectivity index (χ0) is 12.3. The number of amides is 1. The van der Waals surface area contributed by atoms with E-state index in [0.29, 0.717) is 5.92 Å². The summed E-state index contributed by atoms with van der Waals surface area (Å²) in [6, 6.07) is 8.56. The number of benzene rings is 1. The maximum absolute atomic E-state index is 11.0. The largest absolute Gasteiger partial charge is 0.371 e.